The number of nitrogens with one attached hydrogen (secondary N) is 3. The van der Waals surface area contributed by atoms with Gasteiger partial charge in [0, 0.05) is 41.8 Å². The summed E-state index contributed by atoms with van der Waals surface area (Å²) >= 11 is 0. The van der Waals surface area contributed by atoms with E-state index in [0.717, 1.165) is 11.1 Å². The lowest BCUT2D eigenvalue weighted by Gasteiger charge is -2.37. The number of hydrogen-bond acceptors (Lipinski definition) is 6. The molecule has 1 saturated heterocycles. The minimum absolute atomic E-state index is 0.0668. The molecule has 0 saturated carbocycles. The fraction of sp³-hybridized carbons (Fsp3) is 0.296. The first-order valence-electron chi connectivity index (χ1n) is 11.9. The summed E-state index contributed by atoms with van der Waals surface area (Å²) < 4.78 is 12.1. The van der Waals surface area contributed by atoms with Crippen LogP contribution in [0, 0.1) is 0 Å². The number of nitrogens with zero attached hydrogens (tertiary/aromatic N) is 1. The predicted octanol–water partition coefficient (Wildman–Crippen LogP) is 3.43. The van der Waals surface area contributed by atoms with Crippen molar-refractivity contribution in [2.45, 2.75) is 43.6 Å². The summed E-state index contributed by atoms with van der Waals surface area (Å²) in [5, 5.41) is 18.5. The van der Waals surface area contributed by atoms with Gasteiger partial charge in [-0.1, -0.05) is 18.2 Å². The number of fused-ring (bicyclic) bond motifs is 3. The number of amides is 3. The van der Waals surface area contributed by atoms with Crippen LogP contribution in [0.3, 0.4) is 0 Å². The summed E-state index contributed by atoms with van der Waals surface area (Å²) in [6, 6.07) is 18.0. The van der Waals surface area contributed by atoms with Crippen LogP contribution >= 0.6 is 0 Å². The standard InChI is InChI=1S/C27H28N4O5/c32-16-24-26-22(13-20(35-24)14-25(33)29-15-17-8-10-28-11-9-17)21-12-19(6-7-23(21)36-26)31-27(34)30-18-4-2-1-3-5-18/h1-12,20,22,24,26,32H,13-16H2,(H,29,33)(H2,30,31,34)/t20-,22+,24+,26-/m1/s1. The van der Waals surface area contributed by atoms with Crippen LogP contribution in [-0.4, -0.2) is 46.9 Å². The minimum Gasteiger partial charge on any atom is -0.487 e. The summed E-state index contributed by atoms with van der Waals surface area (Å²) in [6.07, 6.45) is 2.84. The third-order valence-corrected chi connectivity index (χ3v) is 6.44. The molecule has 3 amide bonds. The van der Waals surface area contributed by atoms with Crippen LogP contribution < -0.4 is 20.7 Å². The fourth-order valence-corrected chi connectivity index (χ4v) is 4.76. The molecule has 2 aliphatic rings. The molecule has 0 spiro atoms. The Labute approximate surface area is 208 Å². The molecule has 1 aromatic heterocycles. The van der Waals surface area contributed by atoms with Crippen LogP contribution in [0.2, 0.25) is 0 Å². The van der Waals surface area contributed by atoms with E-state index in [1.165, 1.54) is 0 Å². The lowest BCUT2D eigenvalue weighted by atomic mass is 9.84. The number of carbonyl (C=O) groups excluding carboxylic acids is 2. The van der Waals surface area contributed by atoms with Crippen molar-refractivity contribution in [3.63, 3.8) is 0 Å². The number of aliphatic hydroxyl groups excluding tert-OH is 1. The number of benzene rings is 2. The molecule has 3 aromatic rings. The lowest BCUT2D eigenvalue weighted by Crippen LogP contribution is -2.47. The smallest absolute Gasteiger partial charge is 0.323 e. The van der Waals surface area contributed by atoms with E-state index in [0.29, 0.717) is 30.1 Å². The highest BCUT2D eigenvalue weighted by molar-refractivity contribution is 5.99. The number of urea groups is 1. The van der Waals surface area contributed by atoms with Crippen LogP contribution in [0.5, 0.6) is 5.75 Å². The molecule has 0 bridgehead atoms. The summed E-state index contributed by atoms with van der Waals surface area (Å²) in [5.74, 6) is 0.505. The Bertz CT molecular complexity index is 1210. The number of aliphatic hydroxyl groups is 1. The van der Waals surface area contributed by atoms with Crippen LogP contribution in [-0.2, 0) is 16.1 Å². The van der Waals surface area contributed by atoms with Gasteiger partial charge in [-0.25, -0.2) is 4.79 Å². The normalized spacial score (nSPS) is 22.0. The molecule has 0 radical (unpaired) electrons. The van der Waals surface area contributed by atoms with E-state index < -0.39 is 6.10 Å². The molecular weight excluding hydrogens is 460 g/mol. The molecule has 4 N–H and O–H groups in total. The molecular formula is C27H28N4O5. The highest BCUT2D eigenvalue weighted by Gasteiger charge is 2.46. The number of hydrogen-bond donors (Lipinski definition) is 4. The molecule has 9 nitrogen and oxygen atoms in total. The van der Waals surface area contributed by atoms with Gasteiger partial charge in [0.1, 0.15) is 18.0 Å². The Hall–Kier alpha value is -3.95. The van der Waals surface area contributed by atoms with Crippen molar-refractivity contribution in [2.75, 3.05) is 17.2 Å². The molecule has 3 heterocycles. The average Bonchev–Trinajstić information content (AvgIpc) is 3.26. The van der Waals surface area contributed by atoms with Crippen LogP contribution in [0.15, 0.2) is 73.1 Å². The summed E-state index contributed by atoms with van der Waals surface area (Å²) in [6.45, 7) is 0.199. The van der Waals surface area contributed by atoms with Gasteiger partial charge < -0.3 is 30.5 Å². The zero-order valence-electron chi connectivity index (χ0n) is 19.6. The quantitative estimate of drug-likeness (QED) is 0.404. The molecule has 36 heavy (non-hydrogen) atoms. The molecule has 186 valence electrons. The summed E-state index contributed by atoms with van der Waals surface area (Å²) in [5.41, 5.74) is 3.22. The minimum atomic E-state index is -0.549. The molecule has 4 atom stereocenters. The maximum Gasteiger partial charge on any atom is 0.323 e. The zero-order chi connectivity index (χ0) is 24.9. The summed E-state index contributed by atoms with van der Waals surface area (Å²) in [7, 11) is 0. The van der Waals surface area contributed by atoms with Crippen LogP contribution in [0.1, 0.15) is 29.9 Å². The Morgan fingerprint density at radius 2 is 1.78 bits per heavy atom. The number of ether oxygens (including phenoxy) is 2. The van der Waals surface area contributed by atoms with Gasteiger partial charge in [0.05, 0.1) is 19.1 Å². The molecule has 0 aliphatic carbocycles. The Morgan fingerprint density at radius 1 is 1.00 bits per heavy atom. The Morgan fingerprint density at radius 3 is 2.56 bits per heavy atom. The second-order valence-corrected chi connectivity index (χ2v) is 8.94. The zero-order valence-corrected chi connectivity index (χ0v) is 19.6. The molecule has 9 heteroatoms. The van der Waals surface area contributed by atoms with Crippen molar-refractivity contribution in [2.24, 2.45) is 0 Å². The first-order valence-corrected chi connectivity index (χ1v) is 11.9. The number of anilines is 2. The predicted molar refractivity (Wildman–Crippen MR) is 134 cm³/mol. The van der Waals surface area contributed by atoms with Gasteiger partial charge in [0.25, 0.3) is 0 Å². The Balaban J connectivity index is 1.24. The van der Waals surface area contributed by atoms with Crippen molar-refractivity contribution in [1.82, 2.24) is 10.3 Å². The van der Waals surface area contributed by atoms with Crippen molar-refractivity contribution in [1.29, 1.82) is 0 Å². The van der Waals surface area contributed by atoms with Crippen molar-refractivity contribution in [3.8, 4) is 5.75 Å². The molecule has 5 rings (SSSR count). The summed E-state index contributed by atoms with van der Waals surface area (Å²) in [4.78, 5) is 29.0. The lowest BCUT2D eigenvalue weighted by molar-refractivity contribution is -0.142. The molecule has 0 unspecified atom stereocenters. The monoisotopic (exact) mass is 488 g/mol. The molecule has 2 aliphatic heterocycles. The second kappa shape index (κ2) is 10.8. The maximum absolute atomic E-state index is 12.6. The number of aromatic nitrogens is 1. The first-order chi connectivity index (χ1) is 17.6. The van der Waals surface area contributed by atoms with E-state index in [1.54, 1.807) is 18.5 Å². The van der Waals surface area contributed by atoms with Gasteiger partial charge in [0.15, 0.2) is 0 Å². The number of para-hydroxylation sites is 1. The third-order valence-electron chi connectivity index (χ3n) is 6.44. The average molecular weight is 489 g/mol. The Kier molecular flexibility index (Phi) is 7.11. The largest absolute Gasteiger partial charge is 0.487 e. The fourth-order valence-electron chi connectivity index (χ4n) is 4.76. The van der Waals surface area contributed by atoms with Crippen LogP contribution in [0.4, 0.5) is 16.2 Å². The first kappa shape index (κ1) is 23.8. The van der Waals surface area contributed by atoms with Crippen LogP contribution in [0.25, 0.3) is 0 Å². The van der Waals surface area contributed by atoms with Gasteiger partial charge >= 0.3 is 6.03 Å². The maximum atomic E-state index is 12.6. The van der Waals surface area contributed by atoms with Crippen molar-refractivity contribution in [3.05, 3.63) is 84.2 Å². The van der Waals surface area contributed by atoms with Gasteiger partial charge in [-0.15, -0.1) is 0 Å². The number of carbonyl (C=O) groups is 2. The molecule has 2 aromatic carbocycles. The topological polar surface area (TPSA) is 122 Å². The van der Waals surface area contributed by atoms with Gasteiger partial charge in [-0.3, -0.25) is 9.78 Å². The number of pyridine rings is 1. The molecule has 1 fully saturated rings. The van der Waals surface area contributed by atoms with E-state index in [9.17, 15) is 14.7 Å². The van der Waals surface area contributed by atoms with E-state index in [1.807, 2.05) is 54.6 Å². The van der Waals surface area contributed by atoms with Crippen molar-refractivity contribution < 1.29 is 24.2 Å². The van der Waals surface area contributed by atoms with Crippen molar-refractivity contribution >= 4 is 23.3 Å². The van der Waals surface area contributed by atoms with Gasteiger partial charge in [0.2, 0.25) is 5.91 Å². The van der Waals surface area contributed by atoms with Gasteiger partial charge in [-0.05, 0) is 54.4 Å². The van der Waals surface area contributed by atoms with E-state index >= 15 is 0 Å². The van der Waals surface area contributed by atoms with E-state index in [4.69, 9.17) is 9.47 Å². The highest BCUT2D eigenvalue weighted by atomic mass is 16.6. The number of rotatable bonds is 7. The SMILES string of the molecule is O=C(C[C@H]1C[C@H]2c3cc(NC(=O)Nc4ccccc4)ccc3O[C@H]2[C@H](CO)O1)NCc1ccncc1. The van der Waals surface area contributed by atoms with Gasteiger partial charge in [-0.2, -0.15) is 0 Å². The second-order valence-electron chi connectivity index (χ2n) is 8.94. The van der Waals surface area contributed by atoms with E-state index in [2.05, 4.69) is 20.9 Å². The van der Waals surface area contributed by atoms with E-state index in [-0.39, 0.29) is 43.1 Å². The highest BCUT2D eigenvalue weighted by Crippen LogP contribution is 2.47. The third kappa shape index (κ3) is 5.48.